The van der Waals surface area contributed by atoms with Gasteiger partial charge in [0.1, 0.15) is 13.2 Å². The van der Waals surface area contributed by atoms with Gasteiger partial charge in [0, 0.05) is 19.0 Å². The van der Waals surface area contributed by atoms with Crippen LogP contribution in [0.15, 0.2) is 48.5 Å². The number of nitrogens with one attached hydrogen (secondary N) is 1. The summed E-state index contributed by atoms with van der Waals surface area (Å²) in [5.74, 6) is -1.33. The minimum Gasteiger partial charge on any atom is -0.481 e. The van der Waals surface area contributed by atoms with Crippen LogP contribution in [0.2, 0.25) is 0 Å². The first kappa shape index (κ1) is 20.9. The van der Waals surface area contributed by atoms with Gasteiger partial charge in [-0.05, 0) is 22.3 Å². The van der Waals surface area contributed by atoms with Crippen molar-refractivity contribution in [2.45, 2.75) is 18.4 Å². The Balaban J connectivity index is 1.29. The monoisotopic (exact) mass is 424 g/mol. The zero-order valence-corrected chi connectivity index (χ0v) is 17.0. The highest BCUT2D eigenvalue weighted by molar-refractivity contribution is 5.83. The number of aliphatic carboxylic acids is 1. The van der Waals surface area contributed by atoms with E-state index in [1.165, 1.54) is 4.90 Å². The molecular weight excluding hydrogens is 400 g/mol. The lowest BCUT2D eigenvalue weighted by Gasteiger charge is -2.32. The number of alkyl carbamates (subject to hydrolysis) is 1. The molecule has 0 bridgehead atoms. The van der Waals surface area contributed by atoms with E-state index in [9.17, 15) is 14.4 Å². The predicted octanol–water partition coefficient (Wildman–Crippen LogP) is 2.23. The molecule has 0 spiro atoms. The van der Waals surface area contributed by atoms with Gasteiger partial charge in [0.25, 0.3) is 0 Å². The summed E-state index contributed by atoms with van der Waals surface area (Å²) >= 11 is 0. The fourth-order valence-corrected chi connectivity index (χ4v) is 4.17. The maximum absolute atomic E-state index is 12.4. The Morgan fingerprint density at radius 1 is 1.06 bits per heavy atom. The van der Waals surface area contributed by atoms with Crippen LogP contribution in [0.1, 0.15) is 23.5 Å². The second kappa shape index (κ2) is 9.18. The molecule has 2 amide bonds. The Morgan fingerprint density at radius 2 is 1.71 bits per heavy atom. The van der Waals surface area contributed by atoms with Gasteiger partial charge in [-0.3, -0.25) is 9.59 Å². The van der Waals surface area contributed by atoms with E-state index in [4.69, 9.17) is 14.6 Å². The summed E-state index contributed by atoms with van der Waals surface area (Å²) in [6.45, 7) is 0.788. The molecule has 2 N–H and O–H groups in total. The fourth-order valence-electron chi connectivity index (χ4n) is 4.17. The Hall–Kier alpha value is -3.39. The number of carbonyl (C=O) groups excluding carboxylic acids is 2. The summed E-state index contributed by atoms with van der Waals surface area (Å²) in [6.07, 6.45) is -1.36. The molecule has 1 saturated heterocycles. The molecule has 2 aromatic rings. The lowest BCUT2D eigenvalue weighted by molar-refractivity contribution is -0.147. The van der Waals surface area contributed by atoms with E-state index in [0.717, 1.165) is 22.3 Å². The van der Waals surface area contributed by atoms with Crippen molar-refractivity contribution in [2.75, 3.05) is 32.8 Å². The number of fused-ring (bicyclic) bond motifs is 3. The van der Waals surface area contributed by atoms with Gasteiger partial charge in [-0.1, -0.05) is 48.5 Å². The first-order chi connectivity index (χ1) is 15.0. The van der Waals surface area contributed by atoms with Gasteiger partial charge in [-0.2, -0.15) is 0 Å². The van der Waals surface area contributed by atoms with Crippen LogP contribution in [0.4, 0.5) is 4.79 Å². The van der Waals surface area contributed by atoms with E-state index < -0.39 is 18.2 Å². The van der Waals surface area contributed by atoms with Crippen molar-refractivity contribution in [1.29, 1.82) is 0 Å². The Bertz CT molecular complexity index is 946. The minimum atomic E-state index is -0.976. The molecule has 1 aliphatic heterocycles. The van der Waals surface area contributed by atoms with Crippen LogP contribution in [0.25, 0.3) is 11.1 Å². The topological polar surface area (TPSA) is 105 Å². The molecule has 31 heavy (non-hydrogen) atoms. The van der Waals surface area contributed by atoms with Crippen LogP contribution in [0, 0.1) is 0 Å². The van der Waals surface area contributed by atoms with Crippen LogP contribution in [-0.4, -0.2) is 66.9 Å². The third-order valence-electron chi connectivity index (χ3n) is 5.62. The van der Waals surface area contributed by atoms with Gasteiger partial charge in [-0.25, -0.2) is 4.79 Å². The van der Waals surface area contributed by atoms with Crippen LogP contribution in [-0.2, 0) is 19.1 Å². The Morgan fingerprint density at radius 3 is 2.35 bits per heavy atom. The molecule has 0 aromatic heterocycles. The maximum atomic E-state index is 12.4. The Kier molecular flexibility index (Phi) is 6.18. The predicted molar refractivity (Wildman–Crippen MR) is 112 cm³/mol. The number of ether oxygens (including phenoxy) is 2. The SMILES string of the molecule is O=C(O)CC1CN(C(=O)CNC(=O)OCC2c3ccccc3-c3ccccc32)CCO1. The lowest BCUT2D eigenvalue weighted by Crippen LogP contribution is -2.49. The number of hydrogen-bond acceptors (Lipinski definition) is 5. The summed E-state index contributed by atoms with van der Waals surface area (Å²) < 4.78 is 10.8. The zero-order valence-electron chi connectivity index (χ0n) is 17.0. The largest absolute Gasteiger partial charge is 0.481 e. The van der Waals surface area contributed by atoms with Gasteiger partial charge in [0.15, 0.2) is 0 Å². The van der Waals surface area contributed by atoms with Crippen molar-refractivity contribution in [2.24, 2.45) is 0 Å². The van der Waals surface area contributed by atoms with E-state index >= 15 is 0 Å². The highest BCUT2D eigenvalue weighted by Crippen LogP contribution is 2.44. The highest BCUT2D eigenvalue weighted by Gasteiger charge is 2.29. The molecule has 1 fully saturated rings. The van der Waals surface area contributed by atoms with Crippen molar-refractivity contribution < 1.29 is 29.0 Å². The van der Waals surface area contributed by atoms with E-state index in [0.29, 0.717) is 6.54 Å². The van der Waals surface area contributed by atoms with Crippen LogP contribution < -0.4 is 5.32 Å². The van der Waals surface area contributed by atoms with Crippen molar-refractivity contribution in [3.05, 3.63) is 59.7 Å². The molecule has 1 atom stereocenters. The lowest BCUT2D eigenvalue weighted by atomic mass is 9.98. The third kappa shape index (κ3) is 4.69. The number of carboxylic acid groups (broad SMARTS) is 1. The standard InChI is InChI=1S/C23H24N2O6/c26-21(25-9-10-30-15(13-25)11-22(27)28)12-24-23(29)31-14-20-18-7-3-1-5-16(18)17-6-2-4-8-19(17)20/h1-8,15,20H,9-14H2,(H,24,29)(H,27,28). The molecule has 8 nitrogen and oxygen atoms in total. The molecule has 1 unspecified atom stereocenters. The quantitative estimate of drug-likeness (QED) is 0.737. The summed E-state index contributed by atoms with van der Waals surface area (Å²) in [5.41, 5.74) is 4.52. The van der Waals surface area contributed by atoms with E-state index in [1.807, 2.05) is 36.4 Å². The van der Waals surface area contributed by atoms with Gasteiger partial charge in [-0.15, -0.1) is 0 Å². The van der Waals surface area contributed by atoms with E-state index in [1.54, 1.807) is 0 Å². The molecule has 4 rings (SSSR count). The molecule has 1 heterocycles. The first-order valence-corrected chi connectivity index (χ1v) is 10.2. The second-order valence-electron chi connectivity index (χ2n) is 7.61. The average molecular weight is 424 g/mol. The van der Waals surface area contributed by atoms with Crippen molar-refractivity contribution >= 4 is 18.0 Å². The molecule has 2 aliphatic rings. The normalized spacial score (nSPS) is 17.5. The smallest absolute Gasteiger partial charge is 0.407 e. The van der Waals surface area contributed by atoms with E-state index in [2.05, 4.69) is 17.4 Å². The maximum Gasteiger partial charge on any atom is 0.407 e. The summed E-state index contributed by atoms with van der Waals surface area (Å²) in [6, 6.07) is 16.1. The minimum absolute atomic E-state index is 0.0510. The van der Waals surface area contributed by atoms with Gasteiger partial charge < -0.3 is 24.8 Å². The molecule has 8 heteroatoms. The third-order valence-corrected chi connectivity index (χ3v) is 5.62. The molecule has 1 aliphatic carbocycles. The summed E-state index contributed by atoms with van der Waals surface area (Å²) in [4.78, 5) is 36.9. The summed E-state index contributed by atoms with van der Waals surface area (Å²) in [5, 5.41) is 11.4. The molecular formula is C23H24N2O6. The molecule has 162 valence electrons. The number of rotatable bonds is 6. The Labute approximate surface area is 179 Å². The number of morpholine rings is 1. The second-order valence-corrected chi connectivity index (χ2v) is 7.61. The van der Waals surface area contributed by atoms with Crippen molar-refractivity contribution in [1.82, 2.24) is 10.2 Å². The van der Waals surface area contributed by atoms with E-state index in [-0.39, 0.29) is 44.5 Å². The number of carboxylic acids is 1. The number of hydrogen-bond donors (Lipinski definition) is 2. The first-order valence-electron chi connectivity index (χ1n) is 10.2. The van der Waals surface area contributed by atoms with Gasteiger partial charge in [0.05, 0.1) is 19.1 Å². The number of amides is 2. The average Bonchev–Trinajstić information content (AvgIpc) is 3.09. The number of benzene rings is 2. The van der Waals surface area contributed by atoms with Crippen LogP contribution in [0.5, 0.6) is 0 Å². The fraction of sp³-hybridized carbons (Fsp3) is 0.348. The molecule has 0 radical (unpaired) electrons. The zero-order chi connectivity index (χ0) is 21.8. The van der Waals surface area contributed by atoms with Crippen molar-refractivity contribution in [3.63, 3.8) is 0 Å². The van der Waals surface area contributed by atoms with Gasteiger partial charge >= 0.3 is 12.1 Å². The van der Waals surface area contributed by atoms with Crippen molar-refractivity contribution in [3.8, 4) is 11.1 Å². The van der Waals surface area contributed by atoms with Crippen LogP contribution in [0.3, 0.4) is 0 Å². The highest BCUT2D eigenvalue weighted by atomic mass is 16.5. The number of nitrogens with zero attached hydrogens (tertiary/aromatic N) is 1. The summed E-state index contributed by atoms with van der Waals surface area (Å²) in [7, 11) is 0. The number of carbonyl (C=O) groups is 3. The molecule has 0 saturated carbocycles. The van der Waals surface area contributed by atoms with Gasteiger partial charge in [0.2, 0.25) is 5.91 Å². The molecule has 2 aromatic carbocycles. The van der Waals surface area contributed by atoms with Crippen LogP contribution >= 0.6 is 0 Å².